The van der Waals surface area contributed by atoms with Gasteiger partial charge in [0.25, 0.3) is 0 Å². The summed E-state index contributed by atoms with van der Waals surface area (Å²) < 4.78 is 0. The van der Waals surface area contributed by atoms with Crippen LogP contribution in [0.5, 0.6) is 0 Å². The summed E-state index contributed by atoms with van der Waals surface area (Å²) in [5.74, 6) is -1.41. The Morgan fingerprint density at radius 1 is 1.33 bits per heavy atom. The van der Waals surface area contributed by atoms with E-state index in [1.54, 1.807) is 0 Å². The van der Waals surface area contributed by atoms with Gasteiger partial charge in [0.15, 0.2) is 0 Å². The standard InChI is InChI=1S/C9H12N2O4/c1-9(8(14)15,11-7-13)4-2-3-5-10-6-12/h2-5H2,1H3,(H,14,15)/p-1. The van der Waals surface area contributed by atoms with Gasteiger partial charge >= 0.3 is 0 Å². The van der Waals surface area contributed by atoms with Crippen LogP contribution < -0.4 is 5.11 Å². The van der Waals surface area contributed by atoms with Crippen LogP contribution in [0.25, 0.3) is 0 Å². The summed E-state index contributed by atoms with van der Waals surface area (Å²) in [5, 5.41) is 10.7. The Morgan fingerprint density at radius 2 is 2.00 bits per heavy atom. The van der Waals surface area contributed by atoms with Crippen molar-refractivity contribution in [1.82, 2.24) is 0 Å². The lowest BCUT2D eigenvalue weighted by Crippen LogP contribution is -2.44. The maximum atomic E-state index is 10.7. The van der Waals surface area contributed by atoms with Gasteiger partial charge in [-0.3, -0.25) is 0 Å². The molecule has 6 heteroatoms. The van der Waals surface area contributed by atoms with Crippen LogP contribution in [-0.4, -0.2) is 30.2 Å². The van der Waals surface area contributed by atoms with Gasteiger partial charge < -0.3 is 9.90 Å². The Balaban J connectivity index is 4.14. The first kappa shape index (κ1) is 13.2. The van der Waals surface area contributed by atoms with Crippen LogP contribution in [-0.2, 0) is 14.4 Å². The highest BCUT2D eigenvalue weighted by atomic mass is 16.4. The van der Waals surface area contributed by atoms with Crippen LogP contribution in [0.1, 0.15) is 26.2 Å². The summed E-state index contributed by atoms with van der Waals surface area (Å²) >= 11 is 0. The molecule has 0 aliphatic carbocycles. The normalized spacial score (nSPS) is 13.1. The predicted molar refractivity (Wildman–Crippen MR) is 48.4 cm³/mol. The maximum absolute atomic E-state index is 10.7. The van der Waals surface area contributed by atoms with E-state index in [9.17, 15) is 19.5 Å². The highest BCUT2D eigenvalue weighted by Crippen LogP contribution is 2.17. The van der Waals surface area contributed by atoms with Gasteiger partial charge in [-0.1, -0.05) is 0 Å². The molecule has 0 rings (SSSR count). The molecule has 0 aliphatic rings. The van der Waals surface area contributed by atoms with Gasteiger partial charge in [-0.05, 0) is 26.2 Å². The van der Waals surface area contributed by atoms with E-state index in [0.29, 0.717) is 12.8 Å². The summed E-state index contributed by atoms with van der Waals surface area (Å²) in [6.07, 6.45) is 3.74. The molecule has 0 saturated heterocycles. The minimum absolute atomic E-state index is 0.152. The van der Waals surface area contributed by atoms with Gasteiger partial charge in [-0.2, -0.15) is 4.99 Å². The second-order valence-corrected chi connectivity index (χ2v) is 3.19. The summed E-state index contributed by atoms with van der Waals surface area (Å²) in [5.41, 5.74) is -1.54. The quantitative estimate of drug-likeness (QED) is 0.317. The lowest BCUT2D eigenvalue weighted by Gasteiger charge is -2.23. The number of hydrogen-bond acceptors (Lipinski definition) is 6. The number of carboxylic acids is 1. The lowest BCUT2D eigenvalue weighted by molar-refractivity contribution is -0.312. The number of unbranched alkanes of at least 4 members (excludes halogenated alkanes) is 1. The third-order valence-corrected chi connectivity index (χ3v) is 1.98. The zero-order valence-electron chi connectivity index (χ0n) is 8.36. The molecule has 0 aliphatic heterocycles. The first-order valence-electron chi connectivity index (χ1n) is 4.41. The van der Waals surface area contributed by atoms with Crippen molar-refractivity contribution >= 4 is 18.1 Å². The summed E-state index contributed by atoms with van der Waals surface area (Å²) in [6, 6.07) is 0. The molecule has 0 bridgehead atoms. The smallest absolute Gasteiger partial charge is 0.235 e. The van der Waals surface area contributed by atoms with Crippen LogP contribution in [0.4, 0.5) is 0 Å². The number of carboxylic acid groups (broad SMARTS) is 1. The summed E-state index contributed by atoms with van der Waals surface area (Å²) in [4.78, 5) is 36.9. The molecule has 6 nitrogen and oxygen atoms in total. The monoisotopic (exact) mass is 211 g/mol. The largest absolute Gasteiger partial charge is 0.547 e. The van der Waals surface area contributed by atoms with Crippen molar-refractivity contribution in [3.63, 3.8) is 0 Å². The molecule has 0 saturated carbocycles. The van der Waals surface area contributed by atoms with Crippen molar-refractivity contribution in [3.8, 4) is 0 Å². The highest BCUT2D eigenvalue weighted by Gasteiger charge is 2.24. The van der Waals surface area contributed by atoms with Crippen LogP contribution >= 0.6 is 0 Å². The molecule has 0 aromatic carbocycles. The molecule has 15 heavy (non-hydrogen) atoms. The number of aliphatic carboxylic acids is 1. The van der Waals surface area contributed by atoms with Crippen LogP contribution in [0.15, 0.2) is 9.98 Å². The molecule has 1 atom stereocenters. The Bertz CT molecular complexity index is 312. The zero-order chi connectivity index (χ0) is 11.7. The average Bonchev–Trinajstić information content (AvgIpc) is 2.18. The van der Waals surface area contributed by atoms with E-state index < -0.39 is 11.5 Å². The Kier molecular flexibility index (Phi) is 5.86. The molecular weight excluding hydrogens is 200 g/mol. The third kappa shape index (κ3) is 4.86. The van der Waals surface area contributed by atoms with E-state index in [1.165, 1.54) is 19.1 Å². The van der Waals surface area contributed by atoms with Crippen LogP contribution in [0, 0.1) is 0 Å². The van der Waals surface area contributed by atoms with E-state index in [2.05, 4.69) is 9.98 Å². The highest BCUT2D eigenvalue weighted by molar-refractivity contribution is 5.77. The number of carbonyl (C=O) groups excluding carboxylic acids is 3. The Morgan fingerprint density at radius 3 is 2.47 bits per heavy atom. The molecule has 82 valence electrons. The number of nitrogens with zero attached hydrogens (tertiary/aromatic N) is 2. The number of aliphatic imine (C=N–C) groups is 2. The van der Waals surface area contributed by atoms with Gasteiger partial charge in [0.1, 0.15) is 5.54 Å². The molecule has 1 unspecified atom stereocenters. The molecule has 0 amide bonds. The fraction of sp³-hybridized carbons (Fsp3) is 0.667. The van der Waals surface area contributed by atoms with Gasteiger partial charge in [0.2, 0.25) is 12.2 Å². The van der Waals surface area contributed by atoms with Crippen molar-refractivity contribution in [2.75, 3.05) is 6.54 Å². The SMILES string of the molecule is CC(CCCCN=C=O)(N=C=O)C(=O)[O-]. The van der Waals surface area contributed by atoms with Crippen molar-refractivity contribution in [2.24, 2.45) is 9.98 Å². The maximum Gasteiger partial charge on any atom is 0.235 e. The summed E-state index contributed by atoms with van der Waals surface area (Å²) in [6.45, 7) is 1.58. The molecule has 0 radical (unpaired) electrons. The number of isocyanates is 2. The van der Waals surface area contributed by atoms with Crippen molar-refractivity contribution in [2.45, 2.75) is 31.7 Å². The molecule has 0 heterocycles. The van der Waals surface area contributed by atoms with E-state index in [-0.39, 0.29) is 13.0 Å². The minimum atomic E-state index is -1.54. The molecule has 0 aromatic rings. The Labute approximate surface area is 86.7 Å². The molecular formula is C9H11N2O4-. The van der Waals surface area contributed by atoms with Crippen LogP contribution in [0.2, 0.25) is 0 Å². The van der Waals surface area contributed by atoms with E-state index >= 15 is 0 Å². The zero-order valence-corrected chi connectivity index (χ0v) is 8.36. The molecule has 0 aromatic heterocycles. The van der Waals surface area contributed by atoms with Gasteiger partial charge in [-0.15, -0.1) is 0 Å². The van der Waals surface area contributed by atoms with E-state index in [0.717, 1.165) is 0 Å². The molecule has 0 spiro atoms. The molecule has 0 fully saturated rings. The Hall–Kier alpha value is -1.77. The predicted octanol–water partition coefficient (Wildman–Crippen LogP) is -0.663. The topological polar surface area (TPSA) is 99.0 Å². The van der Waals surface area contributed by atoms with Gasteiger partial charge in [0, 0.05) is 0 Å². The van der Waals surface area contributed by atoms with Crippen molar-refractivity contribution in [3.05, 3.63) is 0 Å². The van der Waals surface area contributed by atoms with Crippen LogP contribution in [0.3, 0.4) is 0 Å². The lowest BCUT2D eigenvalue weighted by atomic mass is 9.96. The fourth-order valence-electron chi connectivity index (χ4n) is 1.01. The first-order chi connectivity index (χ1) is 7.06. The minimum Gasteiger partial charge on any atom is -0.547 e. The molecule has 0 N–H and O–H groups in total. The summed E-state index contributed by atoms with van der Waals surface area (Å²) in [7, 11) is 0. The number of hydrogen-bond donors (Lipinski definition) is 0. The van der Waals surface area contributed by atoms with E-state index in [4.69, 9.17) is 0 Å². The first-order valence-corrected chi connectivity index (χ1v) is 4.41. The number of rotatable bonds is 7. The van der Waals surface area contributed by atoms with Gasteiger partial charge in [0.05, 0.1) is 12.5 Å². The van der Waals surface area contributed by atoms with Gasteiger partial charge in [-0.25, -0.2) is 14.6 Å². The number of carbonyl (C=O) groups is 1. The second-order valence-electron chi connectivity index (χ2n) is 3.19. The average molecular weight is 211 g/mol. The van der Waals surface area contributed by atoms with E-state index in [1.807, 2.05) is 0 Å². The van der Waals surface area contributed by atoms with Crippen molar-refractivity contribution < 1.29 is 19.5 Å². The third-order valence-electron chi connectivity index (χ3n) is 1.98. The fourth-order valence-corrected chi connectivity index (χ4v) is 1.01. The van der Waals surface area contributed by atoms with Crippen molar-refractivity contribution in [1.29, 1.82) is 0 Å². The second kappa shape index (κ2) is 6.65.